The zero-order valence-corrected chi connectivity index (χ0v) is 19.2. The summed E-state index contributed by atoms with van der Waals surface area (Å²) in [5.41, 5.74) is 2.51. The number of carbonyl (C=O) groups excluding carboxylic acids is 1. The number of amides is 2. The fraction of sp³-hybridized carbons (Fsp3) is 0.500. The van der Waals surface area contributed by atoms with Gasteiger partial charge in [0.25, 0.3) is 0 Å². The largest absolute Gasteiger partial charge is 0.334 e. The molecule has 166 valence electrons. The Morgan fingerprint density at radius 3 is 2.45 bits per heavy atom. The van der Waals surface area contributed by atoms with Crippen LogP contribution >= 0.6 is 11.6 Å². The van der Waals surface area contributed by atoms with Crippen LogP contribution in [-0.4, -0.2) is 36.1 Å². The van der Waals surface area contributed by atoms with Gasteiger partial charge >= 0.3 is 6.03 Å². The molecule has 0 bridgehead atoms. The molecule has 4 nitrogen and oxygen atoms in total. The topological polar surface area (TPSA) is 44.4 Å². The maximum atomic E-state index is 12.6. The normalized spacial score (nSPS) is 23.4. The van der Waals surface area contributed by atoms with Crippen LogP contribution in [0.2, 0.25) is 5.02 Å². The number of urea groups is 1. The van der Waals surface area contributed by atoms with E-state index in [1.54, 1.807) is 0 Å². The van der Waals surface area contributed by atoms with E-state index in [1.165, 1.54) is 31.2 Å². The van der Waals surface area contributed by atoms with Gasteiger partial charge in [-0.1, -0.05) is 54.1 Å². The number of piperidine rings is 1. The van der Waals surface area contributed by atoms with Gasteiger partial charge in [0, 0.05) is 17.1 Å². The molecule has 0 aromatic heterocycles. The van der Waals surface area contributed by atoms with E-state index >= 15 is 0 Å². The predicted octanol–water partition coefficient (Wildman–Crippen LogP) is 5.58. The number of likely N-dealkylation sites (tertiary alicyclic amines) is 1. The van der Waals surface area contributed by atoms with Crippen molar-refractivity contribution >= 4 is 17.6 Å². The van der Waals surface area contributed by atoms with Crippen molar-refractivity contribution in [1.82, 2.24) is 15.5 Å². The molecule has 2 aliphatic rings. The second-order valence-electron chi connectivity index (χ2n) is 9.16. The number of hydrogen-bond acceptors (Lipinski definition) is 2. The van der Waals surface area contributed by atoms with Crippen molar-refractivity contribution in [3.63, 3.8) is 0 Å². The van der Waals surface area contributed by atoms with Gasteiger partial charge in [0.15, 0.2) is 0 Å². The van der Waals surface area contributed by atoms with E-state index in [4.69, 9.17) is 11.6 Å². The van der Waals surface area contributed by atoms with Gasteiger partial charge in [0.05, 0.1) is 6.04 Å². The van der Waals surface area contributed by atoms with Crippen molar-refractivity contribution in [2.45, 2.75) is 63.6 Å². The highest BCUT2D eigenvalue weighted by Gasteiger charge is 2.35. The van der Waals surface area contributed by atoms with Crippen LogP contribution in [0.1, 0.15) is 56.2 Å². The summed E-state index contributed by atoms with van der Waals surface area (Å²) in [6, 6.07) is 19.1. The molecule has 3 atom stereocenters. The highest BCUT2D eigenvalue weighted by molar-refractivity contribution is 6.30. The molecule has 5 heteroatoms. The number of nitrogens with zero attached hydrogens (tertiary/aromatic N) is 1. The lowest BCUT2D eigenvalue weighted by atomic mass is 9.89. The molecule has 2 aromatic carbocycles. The van der Waals surface area contributed by atoms with Crippen molar-refractivity contribution in [3.8, 4) is 0 Å². The Hall–Kier alpha value is -2.04. The first-order valence-electron chi connectivity index (χ1n) is 11.7. The lowest BCUT2D eigenvalue weighted by molar-refractivity contribution is 0.118. The zero-order valence-electron chi connectivity index (χ0n) is 18.4. The van der Waals surface area contributed by atoms with E-state index in [9.17, 15) is 4.79 Å². The average Bonchev–Trinajstić information content (AvgIpc) is 3.24. The monoisotopic (exact) mass is 439 g/mol. The first-order valence-corrected chi connectivity index (χ1v) is 12.1. The number of benzene rings is 2. The number of carbonyl (C=O) groups is 1. The SMILES string of the molecule is C[C@H](NC(=O)N[C@@H]1CCC[C@H]1N1CCC(Cc2ccc(Cl)cc2)CC1)c1ccccc1. The summed E-state index contributed by atoms with van der Waals surface area (Å²) in [6.45, 7) is 4.29. The van der Waals surface area contributed by atoms with E-state index in [1.807, 2.05) is 37.3 Å². The van der Waals surface area contributed by atoms with Crippen molar-refractivity contribution in [2.75, 3.05) is 13.1 Å². The van der Waals surface area contributed by atoms with Gasteiger partial charge in [0.2, 0.25) is 0 Å². The molecule has 1 aliphatic carbocycles. The maximum Gasteiger partial charge on any atom is 0.315 e. The third kappa shape index (κ3) is 6.02. The fourth-order valence-corrected chi connectivity index (χ4v) is 5.35. The highest BCUT2D eigenvalue weighted by Crippen LogP contribution is 2.30. The molecule has 1 aliphatic heterocycles. The summed E-state index contributed by atoms with van der Waals surface area (Å²) in [5.74, 6) is 0.736. The first-order chi connectivity index (χ1) is 15.1. The van der Waals surface area contributed by atoms with Crippen LogP contribution in [0.15, 0.2) is 54.6 Å². The van der Waals surface area contributed by atoms with Gasteiger partial charge < -0.3 is 10.6 Å². The third-order valence-corrected chi connectivity index (χ3v) is 7.25. The minimum absolute atomic E-state index is 0.00432. The molecule has 2 N–H and O–H groups in total. The molecule has 2 fully saturated rings. The number of halogens is 1. The Labute approximate surface area is 191 Å². The van der Waals surface area contributed by atoms with Gasteiger partial charge in [-0.2, -0.15) is 0 Å². The fourth-order valence-electron chi connectivity index (χ4n) is 5.22. The lowest BCUT2D eigenvalue weighted by Crippen LogP contribution is -2.53. The van der Waals surface area contributed by atoms with Crippen molar-refractivity contribution in [2.24, 2.45) is 5.92 Å². The molecule has 1 heterocycles. The minimum Gasteiger partial charge on any atom is -0.334 e. The lowest BCUT2D eigenvalue weighted by Gasteiger charge is -2.38. The summed E-state index contributed by atoms with van der Waals surface area (Å²) in [5, 5.41) is 7.19. The Morgan fingerprint density at radius 1 is 1.03 bits per heavy atom. The van der Waals surface area contributed by atoms with Crippen LogP contribution in [0, 0.1) is 5.92 Å². The van der Waals surface area contributed by atoms with Crippen LogP contribution in [0.25, 0.3) is 0 Å². The molecular weight excluding hydrogens is 406 g/mol. The minimum atomic E-state index is -0.0501. The Bertz CT molecular complexity index is 833. The molecule has 0 radical (unpaired) electrons. The average molecular weight is 440 g/mol. The zero-order chi connectivity index (χ0) is 21.6. The molecule has 1 saturated carbocycles. The second kappa shape index (κ2) is 10.5. The molecule has 4 rings (SSSR count). The smallest absolute Gasteiger partial charge is 0.315 e. The Morgan fingerprint density at radius 2 is 1.74 bits per heavy atom. The molecular formula is C26H34ClN3O. The van der Waals surface area contributed by atoms with Crippen LogP contribution in [0.4, 0.5) is 4.79 Å². The van der Waals surface area contributed by atoms with Crippen molar-refractivity contribution < 1.29 is 4.79 Å². The quantitative estimate of drug-likeness (QED) is 0.617. The van der Waals surface area contributed by atoms with E-state index in [-0.39, 0.29) is 18.1 Å². The van der Waals surface area contributed by atoms with Gasteiger partial charge in [-0.3, -0.25) is 4.90 Å². The molecule has 1 saturated heterocycles. The summed E-state index contributed by atoms with van der Waals surface area (Å²) in [6.07, 6.45) is 7.03. The van der Waals surface area contributed by atoms with Gasteiger partial charge in [0.1, 0.15) is 0 Å². The van der Waals surface area contributed by atoms with Crippen molar-refractivity contribution in [1.29, 1.82) is 0 Å². The summed E-state index contributed by atoms with van der Waals surface area (Å²) >= 11 is 6.01. The predicted molar refractivity (Wildman–Crippen MR) is 127 cm³/mol. The summed E-state index contributed by atoms with van der Waals surface area (Å²) in [4.78, 5) is 15.3. The van der Waals surface area contributed by atoms with Crippen LogP contribution in [0.3, 0.4) is 0 Å². The Balaban J connectivity index is 1.25. The van der Waals surface area contributed by atoms with Gasteiger partial charge in [-0.25, -0.2) is 4.79 Å². The van der Waals surface area contributed by atoms with E-state index < -0.39 is 0 Å². The van der Waals surface area contributed by atoms with Gasteiger partial charge in [-0.15, -0.1) is 0 Å². The van der Waals surface area contributed by atoms with Crippen LogP contribution in [-0.2, 0) is 6.42 Å². The molecule has 0 unspecified atom stereocenters. The summed E-state index contributed by atoms with van der Waals surface area (Å²) < 4.78 is 0. The molecule has 31 heavy (non-hydrogen) atoms. The standard InChI is InChI=1S/C26H34ClN3O/c1-19(22-6-3-2-4-7-22)28-26(31)29-24-8-5-9-25(24)30-16-14-21(15-17-30)18-20-10-12-23(27)13-11-20/h2-4,6-7,10-13,19,21,24-25H,5,8-9,14-18H2,1H3,(H2,28,29,31)/t19-,24+,25+/m0/s1. The van der Waals surface area contributed by atoms with Gasteiger partial charge in [-0.05, 0) is 87.7 Å². The molecule has 0 spiro atoms. The van der Waals surface area contributed by atoms with Crippen LogP contribution in [0.5, 0.6) is 0 Å². The second-order valence-corrected chi connectivity index (χ2v) is 9.60. The maximum absolute atomic E-state index is 12.6. The molecule has 2 aromatic rings. The molecule has 2 amide bonds. The van der Waals surface area contributed by atoms with Crippen molar-refractivity contribution in [3.05, 3.63) is 70.7 Å². The van der Waals surface area contributed by atoms with E-state index in [0.29, 0.717) is 6.04 Å². The number of nitrogens with one attached hydrogen (secondary N) is 2. The Kier molecular flexibility index (Phi) is 7.52. The number of hydrogen-bond donors (Lipinski definition) is 2. The van der Waals surface area contributed by atoms with E-state index in [2.05, 4.69) is 39.8 Å². The van der Waals surface area contributed by atoms with Crippen LogP contribution < -0.4 is 10.6 Å². The highest BCUT2D eigenvalue weighted by atomic mass is 35.5. The third-order valence-electron chi connectivity index (χ3n) is 7.00. The first kappa shape index (κ1) is 22.2. The summed E-state index contributed by atoms with van der Waals surface area (Å²) in [7, 11) is 0. The van der Waals surface area contributed by atoms with E-state index in [0.717, 1.165) is 42.4 Å². The number of rotatable bonds is 6.